The summed E-state index contributed by atoms with van der Waals surface area (Å²) in [6, 6.07) is 4.91. The normalized spacial score (nSPS) is 12.8. The van der Waals surface area contributed by atoms with Crippen molar-refractivity contribution in [1.82, 2.24) is 0 Å². The molecule has 1 nitrogen and oxygen atoms in total. The molecule has 0 bridgehead atoms. The molecule has 0 saturated heterocycles. The van der Waals surface area contributed by atoms with Crippen LogP contribution >= 0.6 is 0 Å². The first kappa shape index (κ1) is 13.2. The van der Waals surface area contributed by atoms with Gasteiger partial charge in [0.05, 0.1) is 0 Å². The first-order valence-electron chi connectivity index (χ1n) is 6.37. The highest BCUT2D eigenvalue weighted by atomic mass is 14.6. The zero-order chi connectivity index (χ0) is 12.1. The van der Waals surface area contributed by atoms with Crippen molar-refractivity contribution in [3.8, 4) is 0 Å². The molecule has 0 fully saturated rings. The van der Waals surface area contributed by atoms with Gasteiger partial charge in [-0.15, -0.1) is 0 Å². The van der Waals surface area contributed by atoms with Gasteiger partial charge >= 0.3 is 0 Å². The Balaban J connectivity index is 2.67. The third-order valence-electron chi connectivity index (χ3n) is 3.26. The van der Waals surface area contributed by atoms with Gasteiger partial charge in [0.15, 0.2) is 0 Å². The van der Waals surface area contributed by atoms with Crippen molar-refractivity contribution < 1.29 is 0 Å². The zero-order valence-corrected chi connectivity index (χ0v) is 11.1. The molecule has 1 heteroatoms. The largest absolute Gasteiger partial charge is 0.328 e. The van der Waals surface area contributed by atoms with Crippen LogP contribution in [0.3, 0.4) is 0 Å². The molecule has 0 heterocycles. The van der Waals surface area contributed by atoms with E-state index < -0.39 is 0 Å². The average Bonchev–Trinajstić information content (AvgIpc) is 2.16. The highest BCUT2D eigenvalue weighted by molar-refractivity contribution is 5.37. The maximum absolute atomic E-state index is 6.06. The van der Waals surface area contributed by atoms with E-state index in [4.69, 9.17) is 5.73 Å². The molecule has 0 aliphatic carbocycles. The Morgan fingerprint density at radius 3 is 2.12 bits per heavy atom. The first-order valence-corrected chi connectivity index (χ1v) is 6.37. The predicted molar refractivity (Wildman–Crippen MR) is 71.9 cm³/mol. The molecule has 1 aromatic carbocycles. The number of hydrogen-bond donors (Lipinski definition) is 1. The fourth-order valence-electron chi connectivity index (χ4n) is 2.45. The molecule has 2 N–H and O–H groups in total. The Kier molecular flexibility index (Phi) is 5.01. The molecule has 0 radical (unpaired) electrons. The fourth-order valence-corrected chi connectivity index (χ4v) is 2.45. The average molecular weight is 219 g/mol. The summed E-state index contributed by atoms with van der Waals surface area (Å²) in [6.07, 6.45) is 4.56. The lowest BCUT2D eigenvalue weighted by Gasteiger charge is -2.14. The molecule has 0 amide bonds. The summed E-state index contributed by atoms with van der Waals surface area (Å²) in [5.74, 6) is 0. The van der Waals surface area contributed by atoms with Gasteiger partial charge in [0.25, 0.3) is 0 Å². The lowest BCUT2D eigenvalue weighted by Crippen LogP contribution is -2.20. The van der Waals surface area contributed by atoms with Crippen molar-refractivity contribution in [2.45, 2.75) is 59.4 Å². The van der Waals surface area contributed by atoms with Crippen LogP contribution in [0, 0.1) is 20.8 Å². The van der Waals surface area contributed by atoms with Gasteiger partial charge in [0.1, 0.15) is 0 Å². The minimum atomic E-state index is 0.366. The molecule has 90 valence electrons. The Hall–Kier alpha value is -0.820. The third kappa shape index (κ3) is 3.64. The second kappa shape index (κ2) is 6.05. The second-order valence-electron chi connectivity index (χ2n) is 4.96. The van der Waals surface area contributed by atoms with Crippen LogP contribution in [0.15, 0.2) is 12.1 Å². The molecule has 0 saturated carbocycles. The van der Waals surface area contributed by atoms with Crippen molar-refractivity contribution in [3.05, 3.63) is 34.4 Å². The summed E-state index contributed by atoms with van der Waals surface area (Å²) in [5, 5.41) is 0. The zero-order valence-electron chi connectivity index (χ0n) is 11.1. The molecule has 1 atom stereocenters. The standard InChI is InChI=1S/C15H25N/c1-5-6-14(16)7-8-15-12(3)9-11(2)10-13(15)4/h9-10,14H,5-8,16H2,1-4H3. The molecule has 0 aromatic heterocycles. The van der Waals surface area contributed by atoms with E-state index in [-0.39, 0.29) is 0 Å². The SMILES string of the molecule is CCCC(N)CCc1c(C)cc(C)cc1C. The monoisotopic (exact) mass is 219 g/mol. The van der Waals surface area contributed by atoms with Crippen LogP contribution in [0.5, 0.6) is 0 Å². The molecule has 0 aliphatic heterocycles. The van der Waals surface area contributed by atoms with Crippen molar-refractivity contribution in [1.29, 1.82) is 0 Å². The van der Waals surface area contributed by atoms with E-state index >= 15 is 0 Å². The molecule has 1 rings (SSSR count). The Morgan fingerprint density at radius 1 is 1.06 bits per heavy atom. The molecule has 0 spiro atoms. The van der Waals surface area contributed by atoms with Gasteiger partial charge in [0.2, 0.25) is 0 Å². The van der Waals surface area contributed by atoms with Crippen LogP contribution < -0.4 is 5.73 Å². The summed E-state index contributed by atoms with van der Waals surface area (Å²) in [5.41, 5.74) is 11.8. The van der Waals surface area contributed by atoms with Crippen LogP contribution in [0.4, 0.5) is 0 Å². The predicted octanol–water partition coefficient (Wildman–Crippen LogP) is 3.67. The number of nitrogens with two attached hydrogens (primary N) is 1. The summed E-state index contributed by atoms with van der Waals surface area (Å²) in [7, 11) is 0. The van der Waals surface area contributed by atoms with E-state index in [0.29, 0.717) is 6.04 Å². The maximum Gasteiger partial charge on any atom is 0.00418 e. The van der Waals surface area contributed by atoms with E-state index in [9.17, 15) is 0 Å². The van der Waals surface area contributed by atoms with Crippen molar-refractivity contribution in [3.63, 3.8) is 0 Å². The molecular formula is C15H25N. The Morgan fingerprint density at radius 2 is 1.62 bits per heavy atom. The van der Waals surface area contributed by atoms with E-state index in [1.54, 1.807) is 0 Å². The van der Waals surface area contributed by atoms with E-state index in [0.717, 1.165) is 19.3 Å². The quantitative estimate of drug-likeness (QED) is 0.803. The second-order valence-corrected chi connectivity index (χ2v) is 4.96. The van der Waals surface area contributed by atoms with E-state index in [2.05, 4.69) is 39.8 Å². The molecule has 16 heavy (non-hydrogen) atoms. The van der Waals surface area contributed by atoms with E-state index in [1.165, 1.54) is 28.7 Å². The lowest BCUT2D eigenvalue weighted by molar-refractivity contribution is 0.560. The van der Waals surface area contributed by atoms with Crippen LogP contribution in [-0.4, -0.2) is 6.04 Å². The lowest BCUT2D eigenvalue weighted by atomic mass is 9.94. The third-order valence-corrected chi connectivity index (χ3v) is 3.26. The van der Waals surface area contributed by atoms with Gasteiger partial charge in [-0.1, -0.05) is 31.0 Å². The fraction of sp³-hybridized carbons (Fsp3) is 0.600. The Bertz CT molecular complexity index is 318. The van der Waals surface area contributed by atoms with Gasteiger partial charge in [-0.3, -0.25) is 0 Å². The topological polar surface area (TPSA) is 26.0 Å². The van der Waals surface area contributed by atoms with Crippen LogP contribution in [0.25, 0.3) is 0 Å². The minimum Gasteiger partial charge on any atom is -0.328 e. The van der Waals surface area contributed by atoms with Gasteiger partial charge in [-0.25, -0.2) is 0 Å². The van der Waals surface area contributed by atoms with E-state index in [1.807, 2.05) is 0 Å². The van der Waals surface area contributed by atoms with Crippen LogP contribution in [0.2, 0.25) is 0 Å². The van der Waals surface area contributed by atoms with Crippen molar-refractivity contribution in [2.75, 3.05) is 0 Å². The van der Waals surface area contributed by atoms with Gasteiger partial charge in [0, 0.05) is 6.04 Å². The highest BCUT2D eigenvalue weighted by Crippen LogP contribution is 2.18. The summed E-state index contributed by atoms with van der Waals surface area (Å²) < 4.78 is 0. The number of hydrogen-bond acceptors (Lipinski definition) is 1. The summed E-state index contributed by atoms with van der Waals surface area (Å²) >= 11 is 0. The van der Waals surface area contributed by atoms with Crippen molar-refractivity contribution >= 4 is 0 Å². The molecule has 0 aliphatic rings. The molecular weight excluding hydrogens is 194 g/mol. The minimum absolute atomic E-state index is 0.366. The number of aryl methyl sites for hydroxylation is 3. The number of rotatable bonds is 5. The Labute approximate surface area is 100 Å². The maximum atomic E-state index is 6.06. The number of benzene rings is 1. The van der Waals surface area contributed by atoms with Crippen molar-refractivity contribution in [2.24, 2.45) is 5.73 Å². The molecule has 1 unspecified atom stereocenters. The summed E-state index contributed by atoms with van der Waals surface area (Å²) in [4.78, 5) is 0. The van der Waals surface area contributed by atoms with Gasteiger partial charge < -0.3 is 5.73 Å². The van der Waals surface area contributed by atoms with Crippen LogP contribution in [-0.2, 0) is 6.42 Å². The smallest absolute Gasteiger partial charge is 0.00418 e. The van der Waals surface area contributed by atoms with Crippen LogP contribution in [0.1, 0.15) is 48.4 Å². The van der Waals surface area contributed by atoms with Gasteiger partial charge in [-0.05, 0) is 56.7 Å². The summed E-state index contributed by atoms with van der Waals surface area (Å²) in [6.45, 7) is 8.77. The van der Waals surface area contributed by atoms with Gasteiger partial charge in [-0.2, -0.15) is 0 Å². The first-order chi connectivity index (χ1) is 7.54. The molecule has 1 aromatic rings. The highest BCUT2D eigenvalue weighted by Gasteiger charge is 2.06.